The Kier molecular flexibility index (Phi) is 6.80. The molecule has 2 aromatic carbocycles. The summed E-state index contributed by atoms with van der Waals surface area (Å²) in [5.74, 6) is 1.10. The van der Waals surface area contributed by atoms with E-state index in [1.807, 2.05) is 6.07 Å². The zero-order valence-corrected chi connectivity index (χ0v) is 15.9. The second kappa shape index (κ2) is 8.84. The average molecular weight is 341 g/mol. The fraction of sp³-hybridized carbons (Fsp3) is 0.381. The minimum atomic E-state index is 0.506. The van der Waals surface area contributed by atoms with Gasteiger partial charge in [0.2, 0.25) is 0 Å². The second-order valence-electron chi connectivity index (χ2n) is 6.41. The van der Waals surface area contributed by atoms with Gasteiger partial charge in [-0.1, -0.05) is 58.0 Å². The summed E-state index contributed by atoms with van der Waals surface area (Å²) in [5.41, 5.74) is 4.77. The molecule has 0 saturated heterocycles. The van der Waals surface area contributed by atoms with Crippen LogP contribution < -0.4 is 10.6 Å². The number of para-hydroxylation sites is 1. The number of thiocarbonyl (C=S) groups is 1. The van der Waals surface area contributed by atoms with E-state index in [-0.39, 0.29) is 0 Å². The lowest BCUT2D eigenvalue weighted by Gasteiger charge is -2.18. The molecule has 128 valence electrons. The van der Waals surface area contributed by atoms with Gasteiger partial charge in [-0.2, -0.15) is 0 Å². The van der Waals surface area contributed by atoms with E-state index in [2.05, 4.69) is 80.8 Å². The summed E-state index contributed by atoms with van der Waals surface area (Å²) < 4.78 is 0. The van der Waals surface area contributed by atoms with Crippen molar-refractivity contribution in [3.05, 3.63) is 59.7 Å². The van der Waals surface area contributed by atoms with Crippen molar-refractivity contribution >= 4 is 28.7 Å². The van der Waals surface area contributed by atoms with Crippen molar-refractivity contribution in [1.29, 1.82) is 0 Å². The molecule has 0 aromatic heterocycles. The van der Waals surface area contributed by atoms with E-state index in [0.29, 0.717) is 16.9 Å². The highest BCUT2D eigenvalue weighted by atomic mass is 32.1. The standard InChI is InChI=1S/C21H28N2S/c1-5-15(3)17-11-13-18(14-12-17)22-21(24)23-20-10-8-7-9-19(20)16(4)6-2/h7-16H,5-6H2,1-4H3,(H2,22,23,24). The maximum atomic E-state index is 5.49. The molecule has 0 saturated carbocycles. The van der Waals surface area contributed by atoms with Gasteiger partial charge in [-0.15, -0.1) is 0 Å². The van der Waals surface area contributed by atoms with E-state index < -0.39 is 0 Å². The summed E-state index contributed by atoms with van der Waals surface area (Å²) in [4.78, 5) is 0. The molecule has 0 aliphatic heterocycles. The Hall–Kier alpha value is -1.87. The van der Waals surface area contributed by atoms with Crippen LogP contribution in [0.5, 0.6) is 0 Å². The van der Waals surface area contributed by atoms with Gasteiger partial charge in [0.25, 0.3) is 0 Å². The first kappa shape index (κ1) is 18.5. The Bertz CT molecular complexity index is 664. The summed E-state index contributed by atoms with van der Waals surface area (Å²) in [6.45, 7) is 8.91. The summed E-state index contributed by atoms with van der Waals surface area (Å²) in [6, 6.07) is 16.9. The van der Waals surface area contributed by atoms with E-state index in [4.69, 9.17) is 12.2 Å². The van der Waals surface area contributed by atoms with E-state index in [1.54, 1.807) is 0 Å². The van der Waals surface area contributed by atoms with Crippen LogP contribution in [0.2, 0.25) is 0 Å². The monoisotopic (exact) mass is 340 g/mol. The Morgan fingerprint density at radius 3 is 2.12 bits per heavy atom. The zero-order chi connectivity index (χ0) is 17.5. The molecule has 2 N–H and O–H groups in total. The number of hydrogen-bond acceptors (Lipinski definition) is 1. The van der Waals surface area contributed by atoms with Gasteiger partial charge in [-0.05, 0) is 66.2 Å². The van der Waals surface area contributed by atoms with Crippen LogP contribution in [0.4, 0.5) is 11.4 Å². The van der Waals surface area contributed by atoms with Crippen LogP contribution >= 0.6 is 12.2 Å². The molecule has 0 radical (unpaired) electrons. The SMILES string of the molecule is CCC(C)c1ccc(NC(=S)Nc2ccccc2C(C)CC)cc1. The predicted octanol–water partition coefficient (Wildman–Crippen LogP) is 6.52. The first-order valence-electron chi connectivity index (χ1n) is 8.82. The van der Waals surface area contributed by atoms with Gasteiger partial charge in [0.15, 0.2) is 5.11 Å². The molecule has 0 amide bonds. The molecule has 0 heterocycles. The molecule has 24 heavy (non-hydrogen) atoms. The average Bonchev–Trinajstić information content (AvgIpc) is 2.61. The van der Waals surface area contributed by atoms with Crippen molar-refractivity contribution in [3.8, 4) is 0 Å². The van der Waals surface area contributed by atoms with Gasteiger partial charge in [-0.25, -0.2) is 0 Å². The number of rotatable bonds is 6. The number of anilines is 2. The first-order valence-corrected chi connectivity index (χ1v) is 9.22. The highest BCUT2D eigenvalue weighted by molar-refractivity contribution is 7.80. The molecule has 3 heteroatoms. The predicted molar refractivity (Wildman–Crippen MR) is 110 cm³/mol. The Morgan fingerprint density at radius 2 is 1.50 bits per heavy atom. The molecule has 2 atom stereocenters. The summed E-state index contributed by atoms with van der Waals surface area (Å²) in [7, 11) is 0. The minimum Gasteiger partial charge on any atom is -0.332 e. The van der Waals surface area contributed by atoms with Gasteiger partial charge >= 0.3 is 0 Å². The molecule has 2 nitrogen and oxygen atoms in total. The van der Waals surface area contributed by atoms with Crippen molar-refractivity contribution in [2.24, 2.45) is 0 Å². The molecule has 0 fully saturated rings. The molecular weight excluding hydrogens is 312 g/mol. The lowest BCUT2D eigenvalue weighted by molar-refractivity contribution is 0.734. The molecule has 0 aliphatic carbocycles. The van der Waals surface area contributed by atoms with Crippen LogP contribution in [0, 0.1) is 0 Å². The summed E-state index contributed by atoms with van der Waals surface area (Å²) >= 11 is 5.49. The topological polar surface area (TPSA) is 24.1 Å². The van der Waals surface area contributed by atoms with Crippen molar-refractivity contribution in [2.45, 2.75) is 52.4 Å². The lowest BCUT2D eigenvalue weighted by Crippen LogP contribution is -2.20. The number of benzene rings is 2. The first-order chi connectivity index (χ1) is 11.5. The smallest absolute Gasteiger partial charge is 0.175 e. The van der Waals surface area contributed by atoms with E-state index in [9.17, 15) is 0 Å². The Labute approximate surface area is 151 Å². The summed E-state index contributed by atoms with van der Waals surface area (Å²) in [5, 5.41) is 7.25. The van der Waals surface area contributed by atoms with Crippen LogP contribution in [0.3, 0.4) is 0 Å². The van der Waals surface area contributed by atoms with Crippen molar-refractivity contribution in [2.75, 3.05) is 10.6 Å². The minimum absolute atomic E-state index is 0.506. The lowest BCUT2D eigenvalue weighted by atomic mass is 9.97. The van der Waals surface area contributed by atoms with E-state index >= 15 is 0 Å². The zero-order valence-electron chi connectivity index (χ0n) is 15.1. The second-order valence-corrected chi connectivity index (χ2v) is 6.82. The van der Waals surface area contributed by atoms with Gasteiger partial charge in [0.05, 0.1) is 0 Å². The molecule has 2 rings (SSSR count). The quantitative estimate of drug-likeness (QED) is 0.585. The highest BCUT2D eigenvalue weighted by Crippen LogP contribution is 2.27. The Balaban J connectivity index is 2.04. The van der Waals surface area contributed by atoms with Gasteiger partial charge in [0.1, 0.15) is 0 Å². The van der Waals surface area contributed by atoms with Gasteiger partial charge in [0, 0.05) is 11.4 Å². The van der Waals surface area contributed by atoms with Crippen LogP contribution in [-0.4, -0.2) is 5.11 Å². The molecule has 2 aromatic rings. The van der Waals surface area contributed by atoms with Crippen molar-refractivity contribution in [3.63, 3.8) is 0 Å². The fourth-order valence-electron chi connectivity index (χ4n) is 2.68. The van der Waals surface area contributed by atoms with Crippen LogP contribution in [0.1, 0.15) is 63.5 Å². The molecular formula is C21H28N2S. The number of hydrogen-bond donors (Lipinski definition) is 2. The fourth-order valence-corrected chi connectivity index (χ4v) is 2.90. The van der Waals surface area contributed by atoms with E-state index in [0.717, 1.165) is 24.2 Å². The third kappa shape index (κ3) is 4.81. The van der Waals surface area contributed by atoms with Crippen molar-refractivity contribution < 1.29 is 0 Å². The normalized spacial score (nSPS) is 13.2. The maximum absolute atomic E-state index is 5.49. The molecule has 0 bridgehead atoms. The van der Waals surface area contributed by atoms with E-state index in [1.165, 1.54) is 11.1 Å². The van der Waals surface area contributed by atoms with Crippen LogP contribution in [0.25, 0.3) is 0 Å². The largest absolute Gasteiger partial charge is 0.332 e. The molecule has 0 aliphatic rings. The summed E-state index contributed by atoms with van der Waals surface area (Å²) in [6.07, 6.45) is 2.26. The highest BCUT2D eigenvalue weighted by Gasteiger charge is 2.09. The van der Waals surface area contributed by atoms with Gasteiger partial charge in [-0.3, -0.25) is 0 Å². The number of nitrogens with one attached hydrogen (secondary N) is 2. The van der Waals surface area contributed by atoms with Gasteiger partial charge < -0.3 is 10.6 Å². The third-order valence-electron chi connectivity index (χ3n) is 4.70. The van der Waals surface area contributed by atoms with Crippen LogP contribution in [-0.2, 0) is 0 Å². The maximum Gasteiger partial charge on any atom is 0.175 e. The van der Waals surface area contributed by atoms with Crippen LogP contribution in [0.15, 0.2) is 48.5 Å². The third-order valence-corrected chi connectivity index (χ3v) is 4.91. The molecule has 2 unspecified atom stereocenters. The Morgan fingerprint density at radius 1 is 0.875 bits per heavy atom. The van der Waals surface area contributed by atoms with Crippen molar-refractivity contribution in [1.82, 2.24) is 0 Å². The molecule has 0 spiro atoms.